The molecule has 1 heterocycles. The highest BCUT2D eigenvalue weighted by Gasteiger charge is 2.08. The molecule has 0 bridgehead atoms. The highest BCUT2D eigenvalue weighted by atomic mass is 32.2. The highest BCUT2D eigenvalue weighted by molar-refractivity contribution is 7.82. The molecule has 0 aliphatic heterocycles. The molecule has 11 heavy (non-hydrogen) atoms. The highest BCUT2D eigenvalue weighted by Crippen LogP contribution is 2.21. The molecule has 0 saturated heterocycles. The Hall–Kier alpha value is -0.190. The van der Waals surface area contributed by atoms with Crippen LogP contribution in [0.5, 0.6) is 0 Å². The molecule has 0 aliphatic carbocycles. The third-order valence-electron chi connectivity index (χ3n) is 1.39. The van der Waals surface area contributed by atoms with Crippen LogP contribution in [0.15, 0.2) is 15.7 Å². The molecule has 1 aromatic heterocycles. The molecule has 0 amide bonds. The Morgan fingerprint density at radius 3 is 3.00 bits per heavy atom. The first-order valence-corrected chi connectivity index (χ1v) is 5.27. The van der Waals surface area contributed by atoms with Crippen molar-refractivity contribution in [3.05, 3.63) is 17.0 Å². The van der Waals surface area contributed by atoms with Crippen molar-refractivity contribution in [1.82, 2.24) is 0 Å². The maximum atomic E-state index is 11.2. The van der Waals surface area contributed by atoms with Crippen molar-refractivity contribution in [2.45, 2.75) is 17.6 Å². The van der Waals surface area contributed by atoms with Gasteiger partial charge in [-0.05, 0) is 23.4 Å². The molecule has 0 aliphatic rings. The van der Waals surface area contributed by atoms with E-state index in [0.29, 0.717) is 0 Å². The lowest BCUT2D eigenvalue weighted by atomic mass is 10.3. The van der Waals surface area contributed by atoms with E-state index >= 15 is 0 Å². The summed E-state index contributed by atoms with van der Waals surface area (Å²) in [6.07, 6.45) is 0.911. The van der Waals surface area contributed by atoms with Crippen LogP contribution < -0.4 is 0 Å². The molecule has 2 nitrogen and oxygen atoms in total. The van der Waals surface area contributed by atoms with E-state index in [1.807, 2.05) is 18.4 Å². The van der Waals surface area contributed by atoms with E-state index in [4.69, 9.17) is 4.18 Å². The number of aryl methyl sites for hydroxylation is 1. The summed E-state index contributed by atoms with van der Waals surface area (Å²) >= 11 is 0.229. The van der Waals surface area contributed by atoms with Crippen LogP contribution in [0.2, 0.25) is 0 Å². The van der Waals surface area contributed by atoms with Gasteiger partial charge < -0.3 is 0 Å². The second-order valence-electron chi connectivity index (χ2n) is 1.99. The molecular weight excluding hydrogens is 180 g/mol. The van der Waals surface area contributed by atoms with Crippen LogP contribution in [-0.2, 0) is 21.7 Å². The lowest BCUT2D eigenvalue weighted by Crippen LogP contribution is -1.93. The molecule has 4 heteroatoms. The van der Waals surface area contributed by atoms with E-state index in [9.17, 15) is 4.21 Å². The van der Waals surface area contributed by atoms with Crippen LogP contribution in [0.3, 0.4) is 0 Å². The molecule has 1 rings (SSSR count). The Bertz CT molecular complexity index is 255. The fourth-order valence-electron chi connectivity index (χ4n) is 0.806. The zero-order valence-corrected chi connectivity index (χ0v) is 8.13. The molecule has 0 radical (unpaired) electrons. The summed E-state index contributed by atoms with van der Waals surface area (Å²) in [5, 5.41) is 1.94. The first-order chi connectivity index (χ1) is 5.29. The van der Waals surface area contributed by atoms with Gasteiger partial charge in [0.2, 0.25) is 0 Å². The molecule has 62 valence electrons. The van der Waals surface area contributed by atoms with Crippen molar-refractivity contribution in [1.29, 1.82) is 0 Å². The van der Waals surface area contributed by atoms with Gasteiger partial charge in [-0.25, -0.2) is 4.21 Å². The topological polar surface area (TPSA) is 26.3 Å². The zero-order chi connectivity index (χ0) is 8.27. The number of hydrogen-bond donors (Lipinski definition) is 0. The Morgan fingerprint density at radius 2 is 2.45 bits per heavy atom. The predicted molar refractivity (Wildman–Crippen MR) is 47.1 cm³/mol. The van der Waals surface area contributed by atoms with Crippen molar-refractivity contribution in [3.63, 3.8) is 0 Å². The lowest BCUT2D eigenvalue weighted by molar-refractivity contribution is 0.446. The van der Waals surface area contributed by atoms with Crippen LogP contribution in [-0.4, -0.2) is 11.3 Å². The van der Waals surface area contributed by atoms with Gasteiger partial charge in [-0.15, -0.1) is 11.3 Å². The van der Waals surface area contributed by atoms with Crippen LogP contribution in [0.1, 0.15) is 12.5 Å². The summed E-state index contributed by atoms with van der Waals surface area (Å²) < 4.78 is 16.7. The van der Waals surface area contributed by atoms with E-state index in [1.54, 1.807) is 0 Å². The van der Waals surface area contributed by atoms with Gasteiger partial charge in [0.15, 0.2) is 11.1 Å². The number of hydrogen-bond acceptors (Lipinski definition) is 3. The number of rotatable bonds is 3. The summed E-state index contributed by atoms with van der Waals surface area (Å²) in [6.45, 7) is 2.04. The van der Waals surface area contributed by atoms with E-state index in [-0.39, 0.29) is 0 Å². The Labute approximate surface area is 72.9 Å². The van der Waals surface area contributed by atoms with Crippen molar-refractivity contribution >= 4 is 22.4 Å². The van der Waals surface area contributed by atoms with Gasteiger partial charge in [0, 0.05) is 0 Å². The van der Waals surface area contributed by atoms with E-state index < -0.39 is 11.1 Å². The standard InChI is InChI=1S/C7H10O2S2/c1-3-6-4-5-10-7(6)11(8)9-2/h4-5H,3H2,1-2H3. The summed E-state index contributed by atoms with van der Waals surface area (Å²) in [6, 6.07) is 1.98. The SMILES string of the molecule is CCc1ccsc1S(=O)OC. The van der Waals surface area contributed by atoms with Crippen molar-refractivity contribution < 1.29 is 8.39 Å². The summed E-state index contributed by atoms with van der Waals surface area (Å²) in [5.74, 6) is 0. The Kier molecular flexibility index (Phi) is 3.23. The minimum absolute atomic E-state index is 0.843. The minimum Gasteiger partial charge on any atom is -0.289 e. The summed E-state index contributed by atoms with van der Waals surface area (Å²) in [4.78, 5) is 0. The molecule has 0 fully saturated rings. The quantitative estimate of drug-likeness (QED) is 0.728. The van der Waals surface area contributed by atoms with Crippen molar-refractivity contribution in [2.75, 3.05) is 7.11 Å². The van der Waals surface area contributed by atoms with Gasteiger partial charge in [0.1, 0.15) is 4.21 Å². The van der Waals surface area contributed by atoms with Crippen LogP contribution in [0.25, 0.3) is 0 Å². The lowest BCUT2D eigenvalue weighted by Gasteiger charge is -1.96. The fourth-order valence-corrected chi connectivity index (χ4v) is 2.79. The van der Waals surface area contributed by atoms with Crippen molar-refractivity contribution in [2.24, 2.45) is 0 Å². The Morgan fingerprint density at radius 1 is 1.73 bits per heavy atom. The van der Waals surface area contributed by atoms with Gasteiger partial charge >= 0.3 is 0 Å². The van der Waals surface area contributed by atoms with Gasteiger partial charge in [-0.2, -0.15) is 0 Å². The van der Waals surface area contributed by atoms with Gasteiger partial charge in [-0.3, -0.25) is 4.18 Å². The second-order valence-corrected chi connectivity index (χ2v) is 4.37. The summed E-state index contributed by atoms with van der Waals surface area (Å²) in [7, 11) is 1.45. The molecule has 1 unspecified atom stereocenters. The van der Waals surface area contributed by atoms with Crippen LogP contribution >= 0.6 is 11.3 Å². The largest absolute Gasteiger partial charge is 0.289 e. The summed E-state index contributed by atoms with van der Waals surface area (Å²) in [5.41, 5.74) is 1.12. The van der Waals surface area contributed by atoms with Crippen LogP contribution in [0, 0.1) is 0 Å². The van der Waals surface area contributed by atoms with Crippen LogP contribution in [0.4, 0.5) is 0 Å². The molecule has 0 saturated carbocycles. The maximum Gasteiger partial charge on any atom is 0.199 e. The van der Waals surface area contributed by atoms with E-state index in [1.165, 1.54) is 18.4 Å². The smallest absolute Gasteiger partial charge is 0.199 e. The fraction of sp³-hybridized carbons (Fsp3) is 0.429. The first-order valence-electron chi connectivity index (χ1n) is 3.32. The second kappa shape index (κ2) is 3.99. The van der Waals surface area contributed by atoms with Gasteiger partial charge in [0.25, 0.3) is 0 Å². The zero-order valence-electron chi connectivity index (χ0n) is 6.49. The van der Waals surface area contributed by atoms with E-state index in [2.05, 4.69) is 0 Å². The normalized spacial score (nSPS) is 13.3. The van der Waals surface area contributed by atoms with E-state index in [0.717, 1.165) is 16.2 Å². The minimum atomic E-state index is -1.25. The monoisotopic (exact) mass is 190 g/mol. The van der Waals surface area contributed by atoms with Gasteiger partial charge in [0.05, 0.1) is 7.11 Å². The molecule has 0 N–H and O–H groups in total. The average Bonchev–Trinajstić information content (AvgIpc) is 2.50. The third-order valence-corrected chi connectivity index (χ3v) is 3.70. The predicted octanol–water partition coefficient (Wildman–Crippen LogP) is 1.98. The maximum absolute atomic E-state index is 11.2. The number of thiophene rings is 1. The first kappa shape index (κ1) is 8.90. The molecule has 1 atom stereocenters. The molecule has 0 spiro atoms. The molecule has 1 aromatic rings. The average molecular weight is 190 g/mol. The Balaban J connectivity index is 2.92. The third kappa shape index (κ3) is 1.89. The molecule has 0 aromatic carbocycles. The van der Waals surface area contributed by atoms with Gasteiger partial charge in [-0.1, -0.05) is 6.92 Å². The van der Waals surface area contributed by atoms with Crippen molar-refractivity contribution in [3.8, 4) is 0 Å². The molecular formula is C7H10O2S2.